The van der Waals surface area contributed by atoms with E-state index in [1.54, 1.807) is 12.2 Å². The van der Waals surface area contributed by atoms with Crippen molar-refractivity contribution in [2.24, 2.45) is 5.73 Å². The fourth-order valence-corrected chi connectivity index (χ4v) is 1.13. The molecule has 0 bridgehead atoms. The zero-order chi connectivity index (χ0) is 13.6. The highest BCUT2D eigenvalue weighted by atomic mass is 19.4. The van der Waals surface area contributed by atoms with Crippen molar-refractivity contribution in [2.45, 2.75) is 6.18 Å². The zero-order valence-corrected chi connectivity index (χ0v) is 9.37. The number of hydrogen-bond acceptors (Lipinski definition) is 3. The van der Waals surface area contributed by atoms with Gasteiger partial charge in [0.25, 0.3) is 5.91 Å². The lowest BCUT2D eigenvalue weighted by atomic mass is 10.2. The summed E-state index contributed by atoms with van der Waals surface area (Å²) in [5.74, 6) is -0.488. The Labute approximate surface area is 102 Å². The Morgan fingerprint density at radius 2 is 2.11 bits per heavy atom. The second kappa shape index (κ2) is 6.15. The molecule has 7 heteroatoms. The number of carbonyl (C=O) groups is 1. The fraction of sp³-hybridized carbons (Fsp3) is 0.273. The Kier molecular flexibility index (Phi) is 4.85. The molecule has 0 aliphatic rings. The molecule has 1 aromatic rings. The van der Waals surface area contributed by atoms with Crippen LogP contribution < -0.4 is 11.1 Å². The molecule has 0 aromatic carbocycles. The molecule has 3 N–H and O–H groups in total. The number of alkyl halides is 3. The van der Waals surface area contributed by atoms with Gasteiger partial charge in [-0.25, -0.2) is 0 Å². The van der Waals surface area contributed by atoms with E-state index in [4.69, 9.17) is 5.73 Å². The van der Waals surface area contributed by atoms with Crippen LogP contribution >= 0.6 is 0 Å². The monoisotopic (exact) mass is 259 g/mol. The van der Waals surface area contributed by atoms with Crippen LogP contribution in [0.1, 0.15) is 16.1 Å². The van der Waals surface area contributed by atoms with E-state index in [0.29, 0.717) is 6.54 Å². The van der Waals surface area contributed by atoms with E-state index in [2.05, 4.69) is 10.3 Å². The molecule has 0 aliphatic heterocycles. The molecule has 0 saturated heterocycles. The van der Waals surface area contributed by atoms with Crippen molar-refractivity contribution >= 4 is 5.91 Å². The molecular formula is C11H12F3N3O. The predicted molar refractivity (Wildman–Crippen MR) is 59.8 cm³/mol. The third kappa shape index (κ3) is 4.17. The normalized spacial score (nSPS) is 11.8. The van der Waals surface area contributed by atoms with E-state index in [-0.39, 0.29) is 12.1 Å². The van der Waals surface area contributed by atoms with Gasteiger partial charge in [0.2, 0.25) is 0 Å². The van der Waals surface area contributed by atoms with Gasteiger partial charge in [-0.1, -0.05) is 12.2 Å². The molecule has 0 atom stereocenters. The van der Waals surface area contributed by atoms with Gasteiger partial charge in [0.15, 0.2) is 0 Å². The Hall–Kier alpha value is -1.89. The number of nitrogens with one attached hydrogen (secondary N) is 1. The van der Waals surface area contributed by atoms with Crippen molar-refractivity contribution in [3.8, 4) is 0 Å². The number of hydrogen-bond donors (Lipinski definition) is 2. The van der Waals surface area contributed by atoms with Gasteiger partial charge in [-0.2, -0.15) is 13.2 Å². The smallest absolute Gasteiger partial charge is 0.349 e. The molecule has 1 heterocycles. The number of aromatic nitrogens is 1. The Bertz CT molecular complexity index is 426. The average Bonchev–Trinajstić information content (AvgIpc) is 2.33. The van der Waals surface area contributed by atoms with Gasteiger partial charge < -0.3 is 11.1 Å². The summed E-state index contributed by atoms with van der Waals surface area (Å²) in [5.41, 5.74) is 4.25. The van der Waals surface area contributed by atoms with Crippen LogP contribution in [0.15, 0.2) is 30.5 Å². The average molecular weight is 259 g/mol. The maximum absolute atomic E-state index is 12.2. The molecule has 0 unspecified atom stereocenters. The minimum absolute atomic E-state index is 0.0733. The highest BCUT2D eigenvalue weighted by Crippen LogP contribution is 2.27. The SMILES string of the molecule is NC/C=C/CNC(=O)c1ccc(C(F)(F)F)nc1. The van der Waals surface area contributed by atoms with Gasteiger partial charge >= 0.3 is 6.18 Å². The molecule has 1 amide bonds. The van der Waals surface area contributed by atoms with Crippen molar-refractivity contribution in [2.75, 3.05) is 13.1 Å². The summed E-state index contributed by atoms with van der Waals surface area (Å²) in [6.45, 7) is 0.620. The van der Waals surface area contributed by atoms with Crippen LogP contribution in [0.4, 0.5) is 13.2 Å². The lowest BCUT2D eigenvalue weighted by Gasteiger charge is -2.06. The Morgan fingerprint density at radius 3 is 2.61 bits per heavy atom. The fourth-order valence-electron chi connectivity index (χ4n) is 1.13. The van der Waals surface area contributed by atoms with Crippen LogP contribution in [-0.4, -0.2) is 24.0 Å². The molecule has 0 spiro atoms. The third-order valence-corrected chi connectivity index (χ3v) is 2.00. The number of nitrogens with two attached hydrogens (primary N) is 1. The minimum Gasteiger partial charge on any atom is -0.349 e. The van der Waals surface area contributed by atoms with E-state index in [0.717, 1.165) is 18.3 Å². The summed E-state index contributed by atoms with van der Waals surface area (Å²) in [5, 5.41) is 2.49. The Balaban J connectivity index is 2.62. The van der Waals surface area contributed by atoms with E-state index in [9.17, 15) is 18.0 Å². The number of carbonyl (C=O) groups excluding carboxylic acids is 1. The van der Waals surface area contributed by atoms with E-state index in [1.807, 2.05) is 0 Å². The standard InChI is InChI=1S/C11H12F3N3O/c12-11(13,14)9-4-3-8(7-17-9)10(18)16-6-2-1-5-15/h1-4,7H,5-6,15H2,(H,16,18)/b2-1+. The van der Waals surface area contributed by atoms with Gasteiger partial charge in [-0.15, -0.1) is 0 Å². The summed E-state index contributed by atoms with van der Waals surface area (Å²) in [7, 11) is 0. The van der Waals surface area contributed by atoms with Crippen LogP contribution in [0.25, 0.3) is 0 Å². The molecule has 4 nitrogen and oxygen atoms in total. The molecule has 1 aromatic heterocycles. The molecule has 18 heavy (non-hydrogen) atoms. The number of nitrogens with zero attached hydrogens (tertiary/aromatic N) is 1. The van der Waals surface area contributed by atoms with E-state index < -0.39 is 17.8 Å². The van der Waals surface area contributed by atoms with E-state index >= 15 is 0 Å². The van der Waals surface area contributed by atoms with Crippen molar-refractivity contribution in [1.29, 1.82) is 0 Å². The van der Waals surface area contributed by atoms with Crippen LogP contribution in [0.3, 0.4) is 0 Å². The van der Waals surface area contributed by atoms with Crippen LogP contribution in [0, 0.1) is 0 Å². The zero-order valence-electron chi connectivity index (χ0n) is 9.37. The van der Waals surface area contributed by atoms with Gasteiger partial charge in [-0.3, -0.25) is 9.78 Å². The maximum atomic E-state index is 12.2. The first-order valence-corrected chi connectivity index (χ1v) is 5.11. The molecule has 1 rings (SSSR count). The van der Waals surface area contributed by atoms with Gasteiger partial charge in [0, 0.05) is 19.3 Å². The summed E-state index contributed by atoms with van der Waals surface area (Å²) in [6.07, 6.45) is -0.301. The Morgan fingerprint density at radius 1 is 1.39 bits per heavy atom. The summed E-state index contributed by atoms with van der Waals surface area (Å²) < 4.78 is 36.7. The quantitative estimate of drug-likeness (QED) is 0.802. The first-order valence-electron chi connectivity index (χ1n) is 5.11. The van der Waals surface area contributed by atoms with Crippen molar-refractivity contribution in [3.05, 3.63) is 41.7 Å². The maximum Gasteiger partial charge on any atom is 0.433 e. The number of halogens is 3. The van der Waals surface area contributed by atoms with E-state index in [1.165, 1.54) is 0 Å². The first kappa shape index (κ1) is 14.2. The van der Waals surface area contributed by atoms with Gasteiger partial charge in [-0.05, 0) is 12.1 Å². The second-order valence-corrected chi connectivity index (χ2v) is 3.35. The van der Waals surface area contributed by atoms with Crippen molar-refractivity contribution in [1.82, 2.24) is 10.3 Å². The minimum atomic E-state index is -4.50. The summed E-state index contributed by atoms with van der Waals surface area (Å²) in [6, 6.07) is 1.85. The number of amides is 1. The third-order valence-electron chi connectivity index (χ3n) is 2.00. The van der Waals surface area contributed by atoms with Crippen molar-refractivity contribution < 1.29 is 18.0 Å². The molecule has 0 saturated carbocycles. The van der Waals surface area contributed by atoms with Gasteiger partial charge in [0.05, 0.1) is 5.56 Å². The van der Waals surface area contributed by atoms with Crippen LogP contribution in [0.5, 0.6) is 0 Å². The van der Waals surface area contributed by atoms with Crippen molar-refractivity contribution in [3.63, 3.8) is 0 Å². The number of pyridine rings is 1. The number of rotatable bonds is 4. The molecule has 0 aliphatic carbocycles. The molecule has 0 radical (unpaired) electrons. The lowest BCUT2D eigenvalue weighted by molar-refractivity contribution is -0.141. The van der Waals surface area contributed by atoms with Crippen LogP contribution in [0.2, 0.25) is 0 Å². The lowest BCUT2D eigenvalue weighted by Crippen LogP contribution is -2.24. The highest BCUT2D eigenvalue weighted by Gasteiger charge is 2.32. The van der Waals surface area contributed by atoms with Crippen LogP contribution in [-0.2, 0) is 6.18 Å². The summed E-state index contributed by atoms with van der Waals surface area (Å²) >= 11 is 0. The largest absolute Gasteiger partial charge is 0.433 e. The molecule has 98 valence electrons. The molecule has 0 fully saturated rings. The summed E-state index contributed by atoms with van der Waals surface area (Å²) in [4.78, 5) is 14.7. The highest BCUT2D eigenvalue weighted by molar-refractivity contribution is 5.93. The predicted octanol–water partition coefficient (Wildman–Crippen LogP) is 1.35. The topological polar surface area (TPSA) is 68.0 Å². The van der Waals surface area contributed by atoms with Gasteiger partial charge in [0.1, 0.15) is 5.69 Å². The second-order valence-electron chi connectivity index (χ2n) is 3.35. The first-order chi connectivity index (χ1) is 8.45. The molecular weight excluding hydrogens is 247 g/mol.